The maximum Gasteiger partial charge on any atom is 0.224 e. The number of rotatable bonds is 5. The largest absolute Gasteiger partial charge is 0.326 e. The quantitative estimate of drug-likeness (QED) is 0.868. The summed E-state index contributed by atoms with van der Waals surface area (Å²) in [6.07, 6.45) is 6.10. The minimum Gasteiger partial charge on any atom is -0.326 e. The van der Waals surface area contributed by atoms with Gasteiger partial charge in [-0.3, -0.25) is 4.79 Å². The number of nitrogens with two attached hydrogens (primary N) is 1. The Kier molecular flexibility index (Phi) is 4.14. The van der Waals surface area contributed by atoms with E-state index in [4.69, 9.17) is 5.73 Å². The van der Waals surface area contributed by atoms with Crippen molar-refractivity contribution in [2.75, 3.05) is 5.32 Å². The van der Waals surface area contributed by atoms with Gasteiger partial charge in [0.1, 0.15) is 0 Å². The summed E-state index contributed by atoms with van der Waals surface area (Å²) in [5, 5.41) is 6.98. The fourth-order valence-corrected chi connectivity index (χ4v) is 1.72. The van der Waals surface area contributed by atoms with Crippen molar-refractivity contribution in [3.63, 3.8) is 0 Å². The number of pyridine rings is 1. The number of nitrogens with zero attached hydrogens (tertiary/aromatic N) is 3. The molecule has 0 saturated carbocycles. The average Bonchev–Trinajstić information content (AvgIpc) is 2.90. The van der Waals surface area contributed by atoms with E-state index in [-0.39, 0.29) is 11.4 Å². The van der Waals surface area contributed by atoms with Crippen molar-refractivity contribution in [3.8, 4) is 5.82 Å². The van der Waals surface area contributed by atoms with Crippen molar-refractivity contribution in [1.29, 1.82) is 0 Å². The van der Waals surface area contributed by atoms with Gasteiger partial charge in [0.25, 0.3) is 0 Å². The zero-order chi connectivity index (χ0) is 14.6. The minimum absolute atomic E-state index is 0.0788. The fourth-order valence-electron chi connectivity index (χ4n) is 1.72. The Morgan fingerprint density at radius 3 is 2.85 bits per heavy atom. The molecule has 2 heterocycles. The lowest BCUT2D eigenvalue weighted by Gasteiger charge is -2.17. The molecule has 3 N–H and O–H groups in total. The zero-order valence-corrected chi connectivity index (χ0v) is 11.7. The highest BCUT2D eigenvalue weighted by atomic mass is 16.1. The first kappa shape index (κ1) is 14.2. The highest BCUT2D eigenvalue weighted by Crippen LogP contribution is 2.17. The van der Waals surface area contributed by atoms with Crippen LogP contribution >= 0.6 is 0 Å². The SMILES string of the molecule is CC(C)(N)CCC(=O)Nc1cccnc1-n1cccn1. The molecule has 0 aliphatic carbocycles. The van der Waals surface area contributed by atoms with Gasteiger partial charge in [0.2, 0.25) is 5.91 Å². The smallest absolute Gasteiger partial charge is 0.224 e. The van der Waals surface area contributed by atoms with Crippen LogP contribution in [0, 0.1) is 0 Å². The molecule has 0 atom stereocenters. The first-order chi connectivity index (χ1) is 9.46. The predicted molar refractivity (Wildman–Crippen MR) is 77.5 cm³/mol. The molecule has 0 saturated heterocycles. The summed E-state index contributed by atoms with van der Waals surface area (Å²) in [6, 6.07) is 5.38. The first-order valence-corrected chi connectivity index (χ1v) is 6.49. The molecule has 6 nitrogen and oxygen atoms in total. The summed E-state index contributed by atoms with van der Waals surface area (Å²) in [7, 11) is 0. The highest BCUT2D eigenvalue weighted by molar-refractivity contribution is 5.92. The molecule has 0 radical (unpaired) electrons. The van der Waals surface area contributed by atoms with Crippen LogP contribution in [0.25, 0.3) is 5.82 Å². The Balaban J connectivity index is 2.08. The van der Waals surface area contributed by atoms with Crippen molar-refractivity contribution >= 4 is 11.6 Å². The molecule has 0 bridgehead atoms. The summed E-state index contributed by atoms with van der Waals surface area (Å²) in [5.41, 5.74) is 6.16. The van der Waals surface area contributed by atoms with Crippen molar-refractivity contribution in [2.45, 2.75) is 32.2 Å². The van der Waals surface area contributed by atoms with Gasteiger partial charge in [-0.2, -0.15) is 5.10 Å². The van der Waals surface area contributed by atoms with Gasteiger partial charge in [-0.15, -0.1) is 0 Å². The molecule has 0 aliphatic heterocycles. The normalized spacial score (nSPS) is 11.3. The summed E-state index contributed by atoms with van der Waals surface area (Å²) in [5.74, 6) is 0.516. The third-order valence-electron chi connectivity index (χ3n) is 2.78. The van der Waals surface area contributed by atoms with Crippen LogP contribution in [0.15, 0.2) is 36.8 Å². The Morgan fingerprint density at radius 2 is 2.20 bits per heavy atom. The van der Waals surface area contributed by atoms with Crippen LogP contribution in [0.2, 0.25) is 0 Å². The van der Waals surface area contributed by atoms with Crippen LogP contribution < -0.4 is 11.1 Å². The second kappa shape index (κ2) is 5.83. The predicted octanol–water partition coefficient (Wildman–Crippen LogP) is 1.72. The number of carbonyl (C=O) groups is 1. The molecule has 0 aromatic carbocycles. The van der Waals surface area contributed by atoms with E-state index in [9.17, 15) is 4.79 Å². The second-order valence-electron chi connectivity index (χ2n) is 5.36. The van der Waals surface area contributed by atoms with Crippen LogP contribution in [-0.2, 0) is 4.79 Å². The van der Waals surface area contributed by atoms with Crippen LogP contribution in [0.3, 0.4) is 0 Å². The van der Waals surface area contributed by atoms with Gasteiger partial charge in [0.05, 0.1) is 5.69 Å². The van der Waals surface area contributed by atoms with Gasteiger partial charge in [-0.05, 0) is 38.5 Å². The average molecular weight is 273 g/mol. The molecule has 6 heteroatoms. The molecule has 0 unspecified atom stereocenters. The molecule has 2 aromatic heterocycles. The summed E-state index contributed by atoms with van der Waals surface area (Å²) in [4.78, 5) is 16.2. The third kappa shape index (κ3) is 3.89. The minimum atomic E-state index is -0.350. The number of aromatic nitrogens is 3. The topological polar surface area (TPSA) is 85.8 Å². The molecule has 0 spiro atoms. The first-order valence-electron chi connectivity index (χ1n) is 6.49. The number of nitrogens with one attached hydrogen (secondary N) is 1. The second-order valence-corrected chi connectivity index (χ2v) is 5.36. The van der Waals surface area contributed by atoms with Gasteiger partial charge >= 0.3 is 0 Å². The standard InChI is InChI=1S/C14H19N5O/c1-14(2,15)7-6-12(20)18-11-5-3-8-16-13(11)19-10-4-9-17-19/h3-5,8-10H,6-7,15H2,1-2H3,(H,18,20). The van der Waals surface area contributed by atoms with E-state index in [2.05, 4.69) is 15.4 Å². The monoisotopic (exact) mass is 273 g/mol. The summed E-state index contributed by atoms with van der Waals surface area (Å²) < 4.78 is 1.61. The van der Waals surface area contributed by atoms with E-state index >= 15 is 0 Å². The zero-order valence-electron chi connectivity index (χ0n) is 11.7. The number of amides is 1. The molecule has 20 heavy (non-hydrogen) atoms. The fraction of sp³-hybridized carbons (Fsp3) is 0.357. The maximum atomic E-state index is 12.0. The van der Waals surface area contributed by atoms with Crippen molar-refractivity contribution in [2.24, 2.45) is 5.73 Å². The number of hydrogen-bond donors (Lipinski definition) is 2. The number of carbonyl (C=O) groups excluding carboxylic acids is 1. The molecule has 2 rings (SSSR count). The van der Waals surface area contributed by atoms with E-state index in [1.165, 1.54) is 0 Å². The molecule has 0 aliphatic rings. The number of anilines is 1. The molecule has 1 amide bonds. The lowest BCUT2D eigenvalue weighted by Crippen LogP contribution is -2.33. The van der Waals surface area contributed by atoms with Gasteiger partial charge < -0.3 is 11.1 Å². The molecule has 106 valence electrons. The molecular weight excluding hydrogens is 254 g/mol. The summed E-state index contributed by atoms with van der Waals surface area (Å²) in [6.45, 7) is 3.80. The van der Waals surface area contributed by atoms with Crippen LogP contribution in [0.1, 0.15) is 26.7 Å². The van der Waals surface area contributed by atoms with E-state index in [1.807, 2.05) is 13.8 Å². The van der Waals surface area contributed by atoms with Crippen molar-refractivity contribution in [3.05, 3.63) is 36.8 Å². The number of hydrogen-bond acceptors (Lipinski definition) is 4. The molecule has 0 fully saturated rings. The van der Waals surface area contributed by atoms with Gasteiger partial charge in [0.15, 0.2) is 5.82 Å². The van der Waals surface area contributed by atoms with E-state index < -0.39 is 0 Å². The van der Waals surface area contributed by atoms with E-state index in [0.717, 1.165) is 0 Å². The molecular formula is C14H19N5O. The van der Waals surface area contributed by atoms with Crippen LogP contribution in [-0.4, -0.2) is 26.2 Å². The van der Waals surface area contributed by atoms with Crippen LogP contribution in [0.5, 0.6) is 0 Å². The molecule has 2 aromatic rings. The van der Waals surface area contributed by atoms with Crippen LogP contribution in [0.4, 0.5) is 5.69 Å². The van der Waals surface area contributed by atoms with Gasteiger partial charge in [0, 0.05) is 30.6 Å². The highest BCUT2D eigenvalue weighted by Gasteiger charge is 2.14. The van der Waals surface area contributed by atoms with Crippen molar-refractivity contribution in [1.82, 2.24) is 14.8 Å². The van der Waals surface area contributed by atoms with E-state index in [0.29, 0.717) is 24.3 Å². The Hall–Kier alpha value is -2.21. The lowest BCUT2D eigenvalue weighted by atomic mass is 10.00. The van der Waals surface area contributed by atoms with Crippen molar-refractivity contribution < 1.29 is 4.79 Å². The lowest BCUT2D eigenvalue weighted by molar-refractivity contribution is -0.116. The maximum absolute atomic E-state index is 12.0. The third-order valence-corrected chi connectivity index (χ3v) is 2.78. The Morgan fingerprint density at radius 1 is 1.40 bits per heavy atom. The summed E-state index contributed by atoms with van der Waals surface area (Å²) >= 11 is 0. The Labute approximate surface area is 118 Å². The van der Waals surface area contributed by atoms with E-state index in [1.54, 1.807) is 41.5 Å². The Bertz CT molecular complexity index is 572. The van der Waals surface area contributed by atoms with Gasteiger partial charge in [-0.25, -0.2) is 9.67 Å². The van der Waals surface area contributed by atoms with Gasteiger partial charge in [-0.1, -0.05) is 0 Å².